The molecule has 0 aliphatic carbocycles. The number of methoxy groups -OCH3 is 2. The van der Waals surface area contributed by atoms with Crippen LogP contribution < -0.4 is 20.1 Å². The summed E-state index contributed by atoms with van der Waals surface area (Å²) < 4.78 is 23.9. The quantitative estimate of drug-likeness (QED) is 0.183. The summed E-state index contributed by atoms with van der Waals surface area (Å²) in [6.07, 6.45) is 4.48. The maximum atomic E-state index is 13.4. The Morgan fingerprint density at radius 2 is 1.46 bits per heavy atom. The number of allylic oxidation sites excluding steroid dienone is 1. The Hall–Kier alpha value is -5.50. The van der Waals surface area contributed by atoms with Crippen molar-refractivity contribution >= 4 is 35.4 Å². The zero-order valence-electron chi connectivity index (χ0n) is 22.4. The molecule has 0 aromatic heterocycles. The Bertz CT molecular complexity index is 1600. The van der Waals surface area contributed by atoms with Crippen molar-refractivity contribution in [1.82, 2.24) is 5.32 Å². The lowest BCUT2D eigenvalue weighted by atomic mass is 10.1. The summed E-state index contributed by atoms with van der Waals surface area (Å²) in [5, 5.41) is 5.44. The minimum absolute atomic E-state index is 0.0345. The Balaban J connectivity index is 1.55. The van der Waals surface area contributed by atoms with Crippen molar-refractivity contribution in [3.05, 3.63) is 137 Å². The minimum atomic E-state index is -0.588. The van der Waals surface area contributed by atoms with Gasteiger partial charge in [0, 0.05) is 22.4 Å². The molecule has 7 nitrogen and oxygen atoms in total. The predicted molar refractivity (Wildman–Crippen MR) is 156 cm³/mol. The molecule has 0 saturated carbocycles. The molecule has 2 N–H and O–H groups in total. The molecule has 0 heterocycles. The Labute approximate surface area is 236 Å². The van der Waals surface area contributed by atoms with E-state index in [1.807, 2.05) is 0 Å². The van der Waals surface area contributed by atoms with Crippen LogP contribution in [0.15, 0.2) is 109 Å². The molecule has 4 rings (SSSR count). The minimum Gasteiger partial charge on any atom is -0.493 e. The molecule has 206 valence electrons. The summed E-state index contributed by atoms with van der Waals surface area (Å²) in [6.45, 7) is 0. The number of para-hydroxylation sites is 1. The van der Waals surface area contributed by atoms with Gasteiger partial charge >= 0.3 is 0 Å². The average molecular weight is 551 g/mol. The number of hydrogen-bond acceptors (Lipinski definition) is 5. The lowest BCUT2D eigenvalue weighted by Crippen LogP contribution is -2.30. The molecule has 0 fully saturated rings. The van der Waals surface area contributed by atoms with Gasteiger partial charge in [-0.3, -0.25) is 14.4 Å². The second-order valence-electron chi connectivity index (χ2n) is 8.74. The van der Waals surface area contributed by atoms with E-state index in [0.29, 0.717) is 39.4 Å². The van der Waals surface area contributed by atoms with E-state index < -0.39 is 11.8 Å². The van der Waals surface area contributed by atoms with Crippen LogP contribution in [0.3, 0.4) is 0 Å². The third kappa shape index (κ3) is 7.54. The number of anilines is 1. The molecule has 0 saturated heterocycles. The van der Waals surface area contributed by atoms with Crippen LogP contribution >= 0.6 is 0 Å². The molecule has 2 amide bonds. The van der Waals surface area contributed by atoms with Crippen molar-refractivity contribution in [2.24, 2.45) is 0 Å². The zero-order valence-corrected chi connectivity index (χ0v) is 22.4. The monoisotopic (exact) mass is 550 g/mol. The first-order valence-electron chi connectivity index (χ1n) is 12.6. The van der Waals surface area contributed by atoms with Crippen molar-refractivity contribution < 1.29 is 28.2 Å². The van der Waals surface area contributed by atoms with Crippen LogP contribution in [0.4, 0.5) is 10.1 Å². The molecule has 4 aromatic rings. The van der Waals surface area contributed by atoms with Crippen molar-refractivity contribution in [1.29, 1.82) is 0 Å². The van der Waals surface area contributed by atoms with Gasteiger partial charge in [-0.1, -0.05) is 48.5 Å². The van der Waals surface area contributed by atoms with Gasteiger partial charge in [-0.25, -0.2) is 4.39 Å². The van der Waals surface area contributed by atoms with E-state index in [1.165, 1.54) is 38.5 Å². The fraction of sp³-hybridized carbons (Fsp3) is 0.0606. The van der Waals surface area contributed by atoms with Crippen LogP contribution in [0.2, 0.25) is 0 Å². The van der Waals surface area contributed by atoms with Crippen molar-refractivity contribution in [2.45, 2.75) is 0 Å². The highest BCUT2D eigenvalue weighted by molar-refractivity contribution is 6.11. The van der Waals surface area contributed by atoms with Crippen molar-refractivity contribution in [3.63, 3.8) is 0 Å². The largest absolute Gasteiger partial charge is 0.493 e. The molecule has 0 unspecified atom stereocenters. The van der Waals surface area contributed by atoms with Gasteiger partial charge in [0.2, 0.25) is 0 Å². The molecule has 0 aliphatic heterocycles. The van der Waals surface area contributed by atoms with Crippen LogP contribution in [0.5, 0.6) is 11.5 Å². The van der Waals surface area contributed by atoms with Gasteiger partial charge < -0.3 is 20.1 Å². The smallest absolute Gasteiger partial charge is 0.272 e. The maximum Gasteiger partial charge on any atom is 0.272 e. The normalized spacial score (nSPS) is 11.1. The average Bonchev–Trinajstić information content (AvgIpc) is 3.00. The van der Waals surface area contributed by atoms with Crippen molar-refractivity contribution in [2.75, 3.05) is 19.5 Å². The van der Waals surface area contributed by atoms with Crippen molar-refractivity contribution in [3.8, 4) is 11.5 Å². The molecule has 0 bridgehead atoms. The number of carbonyl (C=O) groups is 3. The van der Waals surface area contributed by atoms with Gasteiger partial charge in [0.05, 0.1) is 14.2 Å². The molecular formula is C33H27FN2O5. The highest BCUT2D eigenvalue weighted by Gasteiger charge is 2.17. The first-order chi connectivity index (χ1) is 19.9. The second-order valence-corrected chi connectivity index (χ2v) is 8.74. The molecular weight excluding hydrogens is 523 g/mol. The number of hydrogen-bond donors (Lipinski definition) is 2. The standard InChI is InChI=1S/C33H27FN2O5/c1-40-30-10-6-9-25(31(30)41-2)21-28(36-32(38)24-7-4-3-5-8-24)33(39)35-27-18-14-23(15-19-27)29(37)20-13-22-11-16-26(34)17-12-22/h3-21H,1-2H3,(H,35,39)(H,36,38)/b20-13+,28-21-. The number of benzene rings is 4. The van der Waals surface area contributed by atoms with Gasteiger partial charge in [0.25, 0.3) is 11.8 Å². The summed E-state index contributed by atoms with van der Waals surface area (Å²) >= 11 is 0. The van der Waals surface area contributed by atoms with E-state index in [1.54, 1.807) is 91.0 Å². The van der Waals surface area contributed by atoms with Gasteiger partial charge in [0.15, 0.2) is 17.3 Å². The number of ketones is 1. The summed E-state index contributed by atoms with van der Waals surface area (Å²) in [7, 11) is 2.98. The molecule has 0 spiro atoms. The predicted octanol–water partition coefficient (Wildman–Crippen LogP) is 6.15. The zero-order chi connectivity index (χ0) is 29.2. The molecule has 0 radical (unpaired) electrons. The molecule has 8 heteroatoms. The third-order valence-electron chi connectivity index (χ3n) is 5.99. The number of rotatable bonds is 10. The molecule has 0 aliphatic rings. The number of amides is 2. The van der Waals surface area contributed by atoms with E-state index in [9.17, 15) is 18.8 Å². The SMILES string of the molecule is COc1cccc(/C=C(\NC(=O)c2ccccc2)C(=O)Nc2ccc(C(=O)/C=C/c3ccc(F)cc3)cc2)c1OC. The fourth-order valence-corrected chi connectivity index (χ4v) is 3.88. The van der Waals surface area contributed by atoms with Crippen LogP contribution in [0.25, 0.3) is 12.2 Å². The highest BCUT2D eigenvalue weighted by atomic mass is 19.1. The van der Waals surface area contributed by atoms with E-state index in [2.05, 4.69) is 10.6 Å². The number of nitrogens with one attached hydrogen (secondary N) is 2. The second kappa shape index (κ2) is 13.5. The first kappa shape index (κ1) is 28.5. The highest BCUT2D eigenvalue weighted by Crippen LogP contribution is 2.32. The van der Waals surface area contributed by atoms with Gasteiger partial charge in [-0.05, 0) is 72.3 Å². The Morgan fingerprint density at radius 1 is 0.756 bits per heavy atom. The van der Waals surface area contributed by atoms with Crippen LogP contribution in [0.1, 0.15) is 31.8 Å². The van der Waals surface area contributed by atoms with Gasteiger partial charge in [0.1, 0.15) is 11.5 Å². The van der Waals surface area contributed by atoms with Gasteiger partial charge in [-0.15, -0.1) is 0 Å². The lowest BCUT2D eigenvalue weighted by Gasteiger charge is -2.14. The molecule has 4 aromatic carbocycles. The van der Waals surface area contributed by atoms with Gasteiger partial charge in [-0.2, -0.15) is 0 Å². The lowest BCUT2D eigenvalue weighted by molar-refractivity contribution is -0.113. The van der Waals surface area contributed by atoms with Crippen LogP contribution in [-0.2, 0) is 4.79 Å². The number of carbonyl (C=O) groups excluding carboxylic acids is 3. The van der Waals surface area contributed by atoms with E-state index in [0.717, 1.165) is 0 Å². The van der Waals surface area contributed by atoms with E-state index in [4.69, 9.17) is 9.47 Å². The maximum absolute atomic E-state index is 13.4. The molecule has 0 atom stereocenters. The number of ether oxygens (including phenoxy) is 2. The topological polar surface area (TPSA) is 93.7 Å². The van der Waals surface area contributed by atoms with Crippen LogP contribution in [0, 0.1) is 5.82 Å². The van der Waals surface area contributed by atoms with E-state index in [-0.39, 0.29) is 17.3 Å². The van der Waals surface area contributed by atoms with E-state index >= 15 is 0 Å². The summed E-state index contributed by atoms with van der Waals surface area (Å²) in [6, 6.07) is 25.8. The third-order valence-corrected chi connectivity index (χ3v) is 5.99. The Morgan fingerprint density at radius 3 is 2.12 bits per heavy atom. The first-order valence-corrected chi connectivity index (χ1v) is 12.6. The molecule has 41 heavy (non-hydrogen) atoms. The fourth-order valence-electron chi connectivity index (χ4n) is 3.88. The summed E-state index contributed by atoms with van der Waals surface area (Å²) in [5.74, 6) is -0.813. The summed E-state index contributed by atoms with van der Waals surface area (Å²) in [5.41, 5.74) is 2.35. The van der Waals surface area contributed by atoms with Crippen LogP contribution in [-0.4, -0.2) is 31.8 Å². The Kier molecular flexibility index (Phi) is 9.41. The number of halogens is 1. The summed E-state index contributed by atoms with van der Waals surface area (Å²) in [4.78, 5) is 38.9.